The number of nitrogens with one attached hydrogen (secondary N) is 3. The molecule has 158 valence electrons. The number of nitrogens with zero attached hydrogens (tertiary/aromatic N) is 1. The van der Waals surface area contributed by atoms with Crippen LogP contribution in [0.25, 0.3) is 11.0 Å². The van der Waals surface area contributed by atoms with Gasteiger partial charge in [-0.1, -0.05) is 18.0 Å². The second kappa shape index (κ2) is 8.52. The van der Waals surface area contributed by atoms with E-state index in [1.807, 2.05) is 18.2 Å². The predicted molar refractivity (Wildman–Crippen MR) is 115 cm³/mol. The van der Waals surface area contributed by atoms with Gasteiger partial charge in [-0.05, 0) is 57.4 Å². The predicted octanol–water partition coefficient (Wildman–Crippen LogP) is 3.68. The third-order valence-electron chi connectivity index (χ3n) is 5.65. The van der Waals surface area contributed by atoms with E-state index < -0.39 is 0 Å². The standard InChI is InChI=1S/C22H25ClN4O3/c1-12(8-18-13(2)30-11-20(28)25-18)22(29)24-16-5-3-4-14(9-16)21-26-17-7-6-15(23)10-19(17)27-21/h6-8,10,14,16H,3-5,9,11H2,1-2H3,(H,24,29)(H,25,28)(H,26,27)/b12-8+. The third-order valence-corrected chi connectivity index (χ3v) is 5.89. The fraction of sp³-hybridized carbons (Fsp3) is 0.409. The summed E-state index contributed by atoms with van der Waals surface area (Å²) in [5.41, 5.74) is 2.89. The number of benzene rings is 1. The normalized spacial score (nSPS) is 22.6. The Morgan fingerprint density at radius 2 is 2.20 bits per heavy atom. The number of aromatic amines is 1. The summed E-state index contributed by atoms with van der Waals surface area (Å²) in [6.07, 6.45) is 5.47. The summed E-state index contributed by atoms with van der Waals surface area (Å²) in [6.45, 7) is 3.51. The first-order chi connectivity index (χ1) is 14.4. The first-order valence-corrected chi connectivity index (χ1v) is 10.5. The molecule has 4 rings (SSSR count). The summed E-state index contributed by atoms with van der Waals surface area (Å²) in [5, 5.41) is 6.55. The van der Waals surface area contributed by atoms with Gasteiger partial charge in [0.1, 0.15) is 11.6 Å². The van der Waals surface area contributed by atoms with Gasteiger partial charge in [-0.15, -0.1) is 0 Å². The van der Waals surface area contributed by atoms with Gasteiger partial charge in [-0.25, -0.2) is 4.98 Å². The van der Waals surface area contributed by atoms with Crippen molar-refractivity contribution in [1.29, 1.82) is 0 Å². The van der Waals surface area contributed by atoms with Crippen molar-refractivity contribution in [2.45, 2.75) is 51.5 Å². The smallest absolute Gasteiger partial charge is 0.262 e. The second-order valence-electron chi connectivity index (χ2n) is 7.95. The fourth-order valence-corrected chi connectivity index (χ4v) is 4.18. The number of amides is 2. The molecule has 1 fully saturated rings. The maximum Gasteiger partial charge on any atom is 0.262 e. The number of fused-ring (bicyclic) bond motifs is 1. The summed E-state index contributed by atoms with van der Waals surface area (Å²) in [6, 6.07) is 5.71. The van der Waals surface area contributed by atoms with Crippen LogP contribution < -0.4 is 10.6 Å². The number of hydrogen-bond donors (Lipinski definition) is 3. The van der Waals surface area contributed by atoms with E-state index in [2.05, 4.69) is 15.6 Å². The van der Waals surface area contributed by atoms with Gasteiger partial charge in [0.05, 0.1) is 16.7 Å². The molecule has 0 saturated heterocycles. The van der Waals surface area contributed by atoms with Crippen LogP contribution in [0.2, 0.25) is 5.02 Å². The molecule has 2 aliphatic rings. The maximum absolute atomic E-state index is 12.7. The van der Waals surface area contributed by atoms with Crippen molar-refractivity contribution >= 4 is 34.4 Å². The molecule has 30 heavy (non-hydrogen) atoms. The van der Waals surface area contributed by atoms with E-state index in [1.165, 1.54) is 0 Å². The minimum Gasteiger partial charge on any atom is -0.486 e. The summed E-state index contributed by atoms with van der Waals surface area (Å²) >= 11 is 6.08. The minimum absolute atomic E-state index is 0.00583. The second-order valence-corrected chi connectivity index (χ2v) is 8.39. The molecule has 0 bridgehead atoms. The van der Waals surface area contributed by atoms with Gasteiger partial charge < -0.3 is 20.4 Å². The zero-order chi connectivity index (χ0) is 21.3. The van der Waals surface area contributed by atoms with Gasteiger partial charge >= 0.3 is 0 Å². The molecule has 2 unspecified atom stereocenters. The Balaban J connectivity index is 1.42. The molecule has 1 aromatic carbocycles. The maximum atomic E-state index is 12.7. The average Bonchev–Trinajstić information content (AvgIpc) is 3.14. The molecule has 3 N–H and O–H groups in total. The van der Waals surface area contributed by atoms with Crippen LogP contribution in [0.15, 0.2) is 41.3 Å². The lowest BCUT2D eigenvalue weighted by atomic mass is 9.85. The van der Waals surface area contributed by atoms with Crippen LogP contribution in [0.5, 0.6) is 0 Å². The zero-order valence-corrected chi connectivity index (χ0v) is 17.8. The largest absolute Gasteiger partial charge is 0.486 e. The number of carbonyl (C=O) groups excluding carboxylic acids is 2. The van der Waals surface area contributed by atoms with Crippen molar-refractivity contribution in [1.82, 2.24) is 20.6 Å². The molecule has 1 saturated carbocycles. The van der Waals surface area contributed by atoms with Gasteiger partial charge in [-0.3, -0.25) is 9.59 Å². The molecular formula is C22H25ClN4O3. The summed E-state index contributed by atoms with van der Waals surface area (Å²) in [4.78, 5) is 32.3. The van der Waals surface area contributed by atoms with Crippen molar-refractivity contribution in [2.75, 3.05) is 6.61 Å². The molecule has 0 spiro atoms. The SMILES string of the molecule is CC1=C(/C=C(\C)C(=O)NC2CCCC(c3nc4ccc(Cl)cc4[nH]3)C2)NC(=O)CO1. The van der Waals surface area contributed by atoms with Gasteiger partial charge in [0.2, 0.25) is 5.91 Å². The fourth-order valence-electron chi connectivity index (χ4n) is 4.01. The van der Waals surface area contributed by atoms with E-state index in [-0.39, 0.29) is 30.4 Å². The number of halogens is 1. The van der Waals surface area contributed by atoms with E-state index in [9.17, 15) is 9.59 Å². The minimum atomic E-state index is -0.220. The zero-order valence-electron chi connectivity index (χ0n) is 17.0. The Bertz CT molecular complexity index is 1060. The lowest BCUT2D eigenvalue weighted by Crippen LogP contribution is -2.39. The molecule has 2 amide bonds. The van der Waals surface area contributed by atoms with Crippen molar-refractivity contribution in [3.63, 3.8) is 0 Å². The Morgan fingerprint density at radius 3 is 3.03 bits per heavy atom. The molecule has 0 radical (unpaired) electrons. The highest BCUT2D eigenvalue weighted by molar-refractivity contribution is 6.31. The Kier molecular flexibility index (Phi) is 5.81. The van der Waals surface area contributed by atoms with Gasteiger partial charge in [0, 0.05) is 22.6 Å². The lowest BCUT2D eigenvalue weighted by molar-refractivity contribution is -0.125. The van der Waals surface area contributed by atoms with E-state index >= 15 is 0 Å². The van der Waals surface area contributed by atoms with Gasteiger partial charge in [0.25, 0.3) is 5.91 Å². The highest BCUT2D eigenvalue weighted by Gasteiger charge is 2.27. The number of carbonyl (C=O) groups is 2. The summed E-state index contributed by atoms with van der Waals surface area (Å²) < 4.78 is 5.30. The van der Waals surface area contributed by atoms with E-state index in [1.54, 1.807) is 19.9 Å². The Morgan fingerprint density at radius 1 is 1.37 bits per heavy atom. The van der Waals surface area contributed by atoms with E-state index in [0.717, 1.165) is 42.5 Å². The Hall–Kier alpha value is -2.80. The van der Waals surface area contributed by atoms with Crippen molar-refractivity contribution < 1.29 is 14.3 Å². The highest BCUT2D eigenvalue weighted by Crippen LogP contribution is 2.33. The molecule has 2 atom stereocenters. The molecule has 7 nitrogen and oxygen atoms in total. The number of H-pyrrole nitrogens is 1. The van der Waals surface area contributed by atoms with Crippen LogP contribution >= 0.6 is 11.6 Å². The first kappa shape index (κ1) is 20.5. The number of rotatable bonds is 4. The number of imidazole rings is 1. The Labute approximate surface area is 179 Å². The van der Waals surface area contributed by atoms with Crippen molar-refractivity contribution in [3.05, 3.63) is 52.2 Å². The number of aromatic nitrogens is 2. The number of hydrogen-bond acceptors (Lipinski definition) is 4. The van der Waals surface area contributed by atoms with E-state index in [4.69, 9.17) is 21.3 Å². The number of ether oxygens (including phenoxy) is 1. The van der Waals surface area contributed by atoms with Crippen LogP contribution in [-0.2, 0) is 14.3 Å². The number of allylic oxidation sites excluding steroid dienone is 2. The quantitative estimate of drug-likeness (QED) is 0.647. The van der Waals surface area contributed by atoms with Crippen molar-refractivity contribution in [3.8, 4) is 0 Å². The van der Waals surface area contributed by atoms with Gasteiger partial charge in [-0.2, -0.15) is 0 Å². The first-order valence-electron chi connectivity index (χ1n) is 10.2. The van der Waals surface area contributed by atoms with Crippen LogP contribution in [-0.4, -0.2) is 34.4 Å². The molecule has 1 aliphatic carbocycles. The summed E-state index contributed by atoms with van der Waals surface area (Å²) in [7, 11) is 0. The monoisotopic (exact) mass is 428 g/mol. The molecule has 2 aromatic rings. The van der Waals surface area contributed by atoms with Crippen molar-refractivity contribution in [2.24, 2.45) is 0 Å². The van der Waals surface area contributed by atoms with Crippen LogP contribution in [0.3, 0.4) is 0 Å². The topological polar surface area (TPSA) is 96.1 Å². The van der Waals surface area contributed by atoms with E-state index in [0.29, 0.717) is 22.1 Å². The molecule has 1 aromatic heterocycles. The molecule has 8 heteroatoms. The third kappa shape index (κ3) is 4.51. The summed E-state index contributed by atoms with van der Waals surface area (Å²) in [5.74, 6) is 1.45. The molecule has 1 aliphatic heterocycles. The van der Waals surface area contributed by atoms with Crippen LogP contribution in [0.4, 0.5) is 0 Å². The average molecular weight is 429 g/mol. The van der Waals surface area contributed by atoms with Crippen LogP contribution in [0.1, 0.15) is 51.3 Å². The highest BCUT2D eigenvalue weighted by atomic mass is 35.5. The molecule has 2 heterocycles. The van der Waals surface area contributed by atoms with Crippen LogP contribution in [0, 0.1) is 0 Å². The molecular weight excluding hydrogens is 404 g/mol. The van der Waals surface area contributed by atoms with Gasteiger partial charge in [0.15, 0.2) is 6.61 Å². The lowest BCUT2D eigenvalue weighted by Gasteiger charge is -2.29.